The number of benzene rings is 3. The second-order valence-electron chi connectivity index (χ2n) is 9.29. The van der Waals surface area contributed by atoms with E-state index in [4.69, 9.17) is 4.42 Å². The predicted octanol–water partition coefficient (Wildman–Crippen LogP) is 4.38. The van der Waals surface area contributed by atoms with E-state index in [0.29, 0.717) is 38.0 Å². The SMILES string of the molecule is O=C(c1ccccc1)N1CCN(C2CN(C(=O)c3cc4cc(-c5ccccc5)ccc4o3)C2)CC1. The third-order valence-corrected chi connectivity index (χ3v) is 7.12. The number of hydrogen-bond acceptors (Lipinski definition) is 4. The highest BCUT2D eigenvalue weighted by molar-refractivity contribution is 5.97. The summed E-state index contributed by atoms with van der Waals surface area (Å²) in [7, 11) is 0. The third kappa shape index (κ3) is 4.21. The molecule has 0 N–H and O–H groups in total. The van der Waals surface area contributed by atoms with Gasteiger partial charge in [-0.05, 0) is 41.5 Å². The normalized spacial score (nSPS) is 16.9. The Morgan fingerprint density at radius 1 is 0.686 bits per heavy atom. The molecular weight excluding hydrogens is 438 g/mol. The Morgan fingerprint density at radius 2 is 1.37 bits per heavy atom. The molecule has 35 heavy (non-hydrogen) atoms. The van der Waals surface area contributed by atoms with Gasteiger partial charge in [0, 0.05) is 56.3 Å². The van der Waals surface area contributed by atoms with Crippen molar-refractivity contribution in [1.29, 1.82) is 0 Å². The molecule has 2 amide bonds. The van der Waals surface area contributed by atoms with E-state index < -0.39 is 0 Å². The maximum absolute atomic E-state index is 13.0. The Kier molecular flexibility index (Phi) is 5.58. The maximum atomic E-state index is 13.0. The molecule has 4 aromatic rings. The lowest BCUT2D eigenvalue weighted by Crippen LogP contribution is -2.64. The van der Waals surface area contributed by atoms with Gasteiger partial charge in [-0.3, -0.25) is 14.5 Å². The highest BCUT2D eigenvalue weighted by Gasteiger charge is 2.38. The molecule has 0 aliphatic carbocycles. The molecular formula is C29H27N3O3. The minimum Gasteiger partial charge on any atom is -0.451 e. The summed E-state index contributed by atoms with van der Waals surface area (Å²) < 4.78 is 5.89. The Balaban J connectivity index is 1.05. The number of fused-ring (bicyclic) bond motifs is 1. The predicted molar refractivity (Wildman–Crippen MR) is 135 cm³/mol. The van der Waals surface area contributed by atoms with E-state index in [1.165, 1.54) is 0 Å². The molecule has 176 valence electrons. The van der Waals surface area contributed by atoms with Crippen LogP contribution in [0.25, 0.3) is 22.1 Å². The standard InChI is InChI=1S/C29H27N3O3/c33-28(22-9-5-2-6-10-22)31-15-13-30(14-16-31)25-19-32(20-25)29(34)27-18-24-17-23(11-12-26(24)35-27)21-7-3-1-4-8-21/h1-12,17-18,25H,13-16,19-20H2. The molecule has 2 aliphatic rings. The first-order valence-corrected chi connectivity index (χ1v) is 12.1. The van der Waals surface area contributed by atoms with Crippen LogP contribution in [0.15, 0.2) is 89.3 Å². The minimum absolute atomic E-state index is 0.0587. The minimum atomic E-state index is -0.0587. The van der Waals surface area contributed by atoms with Crippen molar-refractivity contribution >= 4 is 22.8 Å². The fourth-order valence-electron chi connectivity index (χ4n) is 5.02. The Bertz CT molecular complexity index is 1350. The Hall–Kier alpha value is -3.90. The first kappa shape index (κ1) is 21.6. The van der Waals surface area contributed by atoms with Crippen LogP contribution in [0, 0.1) is 0 Å². The molecule has 6 nitrogen and oxygen atoms in total. The summed E-state index contributed by atoms with van der Waals surface area (Å²) in [6.45, 7) is 4.48. The summed E-state index contributed by atoms with van der Waals surface area (Å²) in [5.74, 6) is 0.425. The second kappa shape index (κ2) is 9.04. The molecule has 2 fully saturated rings. The van der Waals surface area contributed by atoms with Gasteiger partial charge >= 0.3 is 0 Å². The molecule has 0 spiro atoms. The van der Waals surface area contributed by atoms with Gasteiger partial charge in [-0.15, -0.1) is 0 Å². The number of carbonyl (C=O) groups excluding carboxylic acids is 2. The fraction of sp³-hybridized carbons (Fsp3) is 0.241. The quantitative estimate of drug-likeness (QED) is 0.449. The van der Waals surface area contributed by atoms with Crippen LogP contribution < -0.4 is 0 Å². The van der Waals surface area contributed by atoms with Crippen molar-refractivity contribution < 1.29 is 14.0 Å². The van der Waals surface area contributed by atoms with Crippen LogP contribution in [0.2, 0.25) is 0 Å². The van der Waals surface area contributed by atoms with Gasteiger partial charge in [0.25, 0.3) is 11.8 Å². The van der Waals surface area contributed by atoms with Gasteiger partial charge in [0.1, 0.15) is 5.58 Å². The maximum Gasteiger partial charge on any atom is 0.289 e. The van der Waals surface area contributed by atoms with Crippen LogP contribution >= 0.6 is 0 Å². The number of furan rings is 1. The van der Waals surface area contributed by atoms with Gasteiger partial charge in [0.05, 0.1) is 0 Å². The number of rotatable bonds is 4. The largest absolute Gasteiger partial charge is 0.451 e. The van der Waals surface area contributed by atoms with Crippen LogP contribution in [-0.2, 0) is 0 Å². The lowest BCUT2D eigenvalue weighted by atomic mass is 10.0. The lowest BCUT2D eigenvalue weighted by molar-refractivity contribution is 0.00709. The van der Waals surface area contributed by atoms with Gasteiger partial charge in [0.2, 0.25) is 0 Å². The van der Waals surface area contributed by atoms with Crippen molar-refractivity contribution in [2.24, 2.45) is 0 Å². The average molecular weight is 466 g/mol. The molecule has 1 aromatic heterocycles. The lowest BCUT2D eigenvalue weighted by Gasteiger charge is -2.47. The molecule has 0 unspecified atom stereocenters. The number of carbonyl (C=O) groups is 2. The van der Waals surface area contributed by atoms with E-state index in [9.17, 15) is 9.59 Å². The van der Waals surface area contributed by atoms with Crippen molar-refractivity contribution in [3.8, 4) is 11.1 Å². The van der Waals surface area contributed by atoms with Crippen molar-refractivity contribution in [3.63, 3.8) is 0 Å². The number of hydrogen-bond donors (Lipinski definition) is 0. The molecule has 0 saturated carbocycles. The zero-order chi connectivity index (χ0) is 23.8. The molecule has 2 saturated heterocycles. The van der Waals surface area contributed by atoms with Crippen molar-refractivity contribution in [2.45, 2.75) is 6.04 Å². The molecule has 6 heteroatoms. The molecule has 0 radical (unpaired) electrons. The number of amides is 2. The first-order valence-electron chi connectivity index (χ1n) is 12.1. The van der Waals surface area contributed by atoms with Crippen LogP contribution in [-0.4, -0.2) is 71.8 Å². The third-order valence-electron chi connectivity index (χ3n) is 7.12. The van der Waals surface area contributed by atoms with E-state index in [0.717, 1.165) is 40.7 Å². The highest BCUT2D eigenvalue weighted by atomic mass is 16.3. The van der Waals surface area contributed by atoms with E-state index in [-0.39, 0.29) is 11.8 Å². The summed E-state index contributed by atoms with van der Waals surface area (Å²) in [6, 6.07) is 27.9. The van der Waals surface area contributed by atoms with Gasteiger partial charge in [0.15, 0.2) is 5.76 Å². The summed E-state index contributed by atoms with van der Waals surface area (Å²) >= 11 is 0. The monoisotopic (exact) mass is 465 g/mol. The zero-order valence-electron chi connectivity index (χ0n) is 19.5. The smallest absolute Gasteiger partial charge is 0.289 e. The molecule has 2 aliphatic heterocycles. The van der Waals surface area contributed by atoms with E-state index in [1.54, 1.807) is 0 Å². The van der Waals surface area contributed by atoms with Crippen LogP contribution in [0.5, 0.6) is 0 Å². The summed E-state index contributed by atoms with van der Waals surface area (Å²) in [5, 5.41) is 0.936. The van der Waals surface area contributed by atoms with Crippen LogP contribution in [0.1, 0.15) is 20.9 Å². The van der Waals surface area contributed by atoms with Crippen LogP contribution in [0.3, 0.4) is 0 Å². The van der Waals surface area contributed by atoms with Gasteiger partial charge in [-0.1, -0.05) is 54.6 Å². The van der Waals surface area contributed by atoms with Crippen LogP contribution in [0.4, 0.5) is 0 Å². The first-order chi connectivity index (χ1) is 17.2. The van der Waals surface area contributed by atoms with Gasteiger partial charge in [-0.25, -0.2) is 0 Å². The van der Waals surface area contributed by atoms with Crippen molar-refractivity contribution in [2.75, 3.05) is 39.3 Å². The second-order valence-corrected chi connectivity index (χ2v) is 9.29. The number of nitrogens with zero attached hydrogens (tertiary/aromatic N) is 3. The molecule has 3 aromatic carbocycles. The van der Waals surface area contributed by atoms with E-state index in [1.807, 2.05) is 76.5 Å². The fourth-order valence-corrected chi connectivity index (χ4v) is 5.02. The molecule has 6 rings (SSSR count). The summed E-state index contributed by atoms with van der Waals surface area (Å²) in [6.07, 6.45) is 0. The Morgan fingerprint density at radius 3 is 2.09 bits per heavy atom. The van der Waals surface area contributed by atoms with Crippen molar-refractivity contribution in [3.05, 3.63) is 96.3 Å². The highest BCUT2D eigenvalue weighted by Crippen LogP contribution is 2.28. The van der Waals surface area contributed by atoms with E-state index >= 15 is 0 Å². The molecule has 0 atom stereocenters. The van der Waals surface area contributed by atoms with Gasteiger partial charge < -0.3 is 14.2 Å². The Labute approximate surface area is 204 Å². The van der Waals surface area contributed by atoms with Crippen molar-refractivity contribution in [1.82, 2.24) is 14.7 Å². The number of piperazine rings is 1. The average Bonchev–Trinajstić information content (AvgIpc) is 3.32. The zero-order valence-corrected chi connectivity index (χ0v) is 19.5. The summed E-state index contributed by atoms with van der Waals surface area (Å²) in [4.78, 5) is 31.9. The molecule has 0 bridgehead atoms. The number of likely N-dealkylation sites (tertiary alicyclic amines) is 1. The topological polar surface area (TPSA) is 57.0 Å². The van der Waals surface area contributed by atoms with E-state index in [2.05, 4.69) is 23.1 Å². The summed E-state index contributed by atoms with van der Waals surface area (Å²) in [5.41, 5.74) is 3.71. The molecule has 3 heterocycles. The van der Waals surface area contributed by atoms with Gasteiger partial charge in [-0.2, -0.15) is 0 Å².